The van der Waals surface area contributed by atoms with Crippen LogP contribution in [0.4, 0.5) is 10.9 Å². The lowest BCUT2D eigenvalue weighted by Gasteiger charge is -2.37. The van der Waals surface area contributed by atoms with Gasteiger partial charge < -0.3 is 9.80 Å². The summed E-state index contributed by atoms with van der Waals surface area (Å²) >= 11 is 1.51. The molecule has 0 N–H and O–H groups in total. The van der Waals surface area contributed by atoms with Crippen LogP contribution in [0.1, 0.15) is 38.4 Å². The van der Waals surface area contributed by atoms with Gasteiger partial charge in [0.1, 0.15) is 18.0 Å². The molecule has 7 heteroatoms. The normalized spacial score (nSPS) is 18.7. The molecule has 6 nitrogen and oxygen atoms in total. The van der Waals surface area contributed by atoms with Gasteiger partial charge in [-0.1, -0.05) is 13.8 Å². The van der Waals surface area contributed by atoms with Crippen LogP contribution in [0.5, 0.6) is 0 Å². The maximum atomic E-state index is 4.69. The van der Waals surface area contributed by atoms with Crippen LogP contribution in [0.2, 0.25) is 0 Å². The van der Waals surface area contributed by atoms with E-state index in [1.165, 1.54) is 18.0 Å². The number of aromatic nitrogens is 4. The van der Waals surface area contributed by atoms with Crippen molar-refractivity contribution in [2.45, 2.75) is 38.6 Å². The molecule has 1 aliphatic heterocycles. The Morgan fingerprint density at radius 1 is 1.41 bits per heavy atom. The molecule has 118 valence electrons. The summed E-state index contributed by atoms with van der Waals surface area (Å²) in [5.74, 6) is 2.31. The topological polar surface area (TPSA) is 58.0 Å². The van der Waals surface area contributed by atoms with Crippen molar-refractivity contribution in [3.8, 4) is 0 Å². The third-order valence-corrected chi connectivity index (χ3v) is 4.88. The lowest BCUT2D eigenvalue weighted by atomic mass is 10.1. The molecule has 1 atom stereocenters. The first-order valence-electron chi connectivity index (χ1n) is 7.72. The van der Waals surface area contributed by atoms with Crippen LogP contribution >= 0.6 is 11.5 Å². The molecule has 0 saturated carbocycles. The molecule has 22 heavy (non-hydrogen) atoms. The molecule has 2 aromatic heterocycles. The summed E-state index contributed by atoms with van der Waals surface area (Å²) in [6.07, 6.45) is 5.73. The van der Waals surface area contributed by atoms with Crippen LogP contribution in [-0.2, 0) is 0 Å². The SMILES string of the molecule is CC(C)c1nsc(N2CCCC(N(C)c3ccncn3)C2)n1. The van der Waals surface area contributed by atoms with E-state index in [9.17, 15) is 0 Å². The van der Waals surface area contributed by atoms with E-state index in [1.807, 2.05) is 6.07 Å². The average molecular weight is 318 g/mol. The molecule has 1 aliphatic rings. The van der Waals surface area contributed by atoms with Gasteiger partial charge in [-0.2, -0.15) is 4.37 Å². The average Bonchev–Trinajstić information content (AvgIpc) is 3.05. The Labute approximate surface area is 135 Å². The van der Waals surface area contributed by atoms with Gasteiger partial charge in [0, 0.05) is 49.8 Å². The smallest absolute Gasteiger partial charge is 0.205 e. The number of piperidine rings is 1. The maximum absolute atomic E-state index is 4.69. The predicted octanol–water partition coefficient (Wildman–Crippen LogP) is 2.56. The fourth-order valence-corrected chi connectivity index (χ4v) is 3.56. The maximum Gasteiger partial charge on any atom is 0.205 e. The van der Waals surface area contributed by atoms with E-state index in [-0.39, 0.29) is 0 Å². The van der Waals surface area contributed by atoms with Gasteiger partial charge in [-0.15, -0.1) is 0 Å². The van der Waals surface area contributed by atoms with Gasteiger partial charge in [-0.3, -0.25) is 0 Å². The van der Waals surface area contributed by atoms with Crippen molar-refractivity contribution < 1.29 is 0 Å². The Morgan fingerprint density at radius 3 is 2.95 bits per heavy atom. The number of rotatable bonds is 4. The van der Waals surface area contributed by atoms with Gasteiger partial charge in [0.25, 0.3) is 0 Å². The summed E-state index contributed by atoms with van der Waals surface area (Å²) in [6, 6.07) is 2.40. The van der Waals surface area contributed by atoms with E-state index in [0.717, 1.165) is 36.3 Å². The molecule has 2 aromatic rings. The fourth-order valence-electron chi connectivity index (χ4n) is 2.71. The Balaban J connectivity index is 1.71. The molecule has 3 rings (SSSR count). The van der Waals surface area contributed by atoms with Crippen LogP contribution in [0.25, 0.3) is 0 Å². The van der Waals surface area contributed by atoms with Crippen LogP contribution < -0.4 is 9.80 Å². The molecule has 0 aliphatic carbocycles. The first-order valence-corrected chi connectivity index (χ1v) is 8.50. The van der Waals surface area contributed by atoms with Crippen LogP contribution in [0, 0.1) is 0 Å². The zero-order valence-electron chi connectivity index (χ0n) is 13.3. The predicted molar refractivity (Wildman–Crippen MR) is 89.7 cm³/mol. The number of likely N-dealkylation sites (N-methyl/N-ethyl adjacent to an activating group) is 1. The van der Waals surface area contributed by atoms with Gasteiger partial charge in [0.05, 0.1) is 0 Å². The highest BCUT2D eigenvalue weighted by Crippen LogP contribution is 2.26. The van der Waals surface area contributed by atoms with Gasteiger partial charge in [-0.05, 0) is 18.9 Å². The monoisotopic (exact) mass is 318 g/mol. The third kappa shape index (κ3) is 3.19. The minimum atomic E-state index is 0.384. The molecule has 0 spiro atoms. The Hall–Kier alpha value is -1.76. The highest BCUT2D eigenvalue weighted by molar-refractivity contribution is 7.09. The van der Waals surface area contributed by atoms with Crippen molar-refractivity contribution >= 4 is 22.5 Å². The molecular formula is C15H22N6S. The highest BCUT2D eigenvalue weighted by atomic mass is 32.1. The minimum absolute atomic E-state index is 0.384. The molecule has 1 saturated heterocycles. The Morgan fingerprint density at radius 2 is 2.27 bits per heavy atom. The van der Waals surface area contributed by atoms with E-state index in [4.69, 9.17) is 0 Å². The van der Waals surface area contributed by atoms with Crippen LogP contribution in [0.15, 0.2) is 18.6 Å². The summed E-state index contributed by atoms with van der Waals surface area (Å²) in [6.45, 7) is 6.29. The summed E-state index contributed by atoms with van der Waals surface area (Å²) < 4.78 is 4.47. The van der Waals surface area contributed by atoms with Crippen LogP contribution in [-0.4, -0.2) is 45.5 Å². The van der Waals surface area contributed by atoms with Crippen molar-refractivity contribution in [3.05, 3.63) is 24.4 Å². The van der Waals surface area contributed by atoms with E-state index >= 15 is 0 Å². The molecule has 0 radical (unpaired) electrons. The quantitative estimate of drug-likeness (QED) is 0.863. The van der Waals surface area contributed by atoms with Crippen molar-refractivity contribution in [3.63, 3.8) is 0 Å². The second kappa shape index (κ2) is 6.56. The summed E-state index contributed by atoms with van der Waals surface area (Å²) in [4.78, 5) is 17.6. The zero-order valence-corrected chi connectivity index (χ0v) is 14.1. The fraction of sp³-hybridized carbons (Fsp3) is 0.600. The van der Waals surface area contributed by atoms with E-state index in [0.29, 0.717) is 12.0 Å². The molecule has 1 unspecified atom stereocenters. The highest BCUT2D eigenvalue weighted by Gasteiger charge is 2.26. The lowest BCUT2D eigenvalue weighted by molar-refractivity contribution is 0.485. The third-order valence-electron chi connectivity index (χ3n) is 4.09. The Bertz CT molecular complexity index is 599. The second-order valence-electron chi connectivity index (χ2n) is 6.01. The van der Waals surface area contributed by atoms with Crippen molar-refractivity contribution in [2.24, 2.45) is 0 Å². The van der Waals surface area contributed by atoms with Crippen molar-refractivity contribution in [2.75, 3.05) is 29.9 Å². The minimum Gasteiger partial charge on any atom is -0.355 e. The zero-order chi connectivity index (χ0) is 15.5. The summed E-state index contributed by atoms with van der Waals surface area (Å²) in [5.41, 5.74) is 0. The number of anilines is 2. The summed E-state index contributed by atoms with van der Waals surface area (Å²) in [5, 5.41) is 1.05. The molecule has 0 aromatic carbocycles. The largest absolute Gasteiger partial charge is 0.355 e. The molecule has 0 amide bonds. The van der Waals surface area contributed by atoms with E-state index in [1.54, 1.807) is 12.5 Å². The van der Waals surface area contributed by atoms with Crippen LogP contribution in [0.3, 0.4) is 0 Å². The van der Waals surface area contributed by atoms with Gasteiger partial charge in [0.2, 0.25) is 5.13 Å². The molecule has 1 fully saturated rings. The first kappa shape index (κ1) is 15.1. The first-order chi connectivity index (χ1) is 10.6. The van der Waals surface area contributed by atoms with Crippen molar-refractivity contribution in [1.82, 2.24) is 19.3 Å². The lowest BCUT2D eigenvalue weighted by Crippen LogP contribution is -2.47. The van der Waals surface area contributed by atoms with Gasteiger partial charge in [0.15, 0.2) is 0 Å². The molecular weight excluding hydrogens is 296 g/mol. The van der Waals surface area contributed by atoms with E-state index in [2.05, 4.69) is 50.0 Å². The van der Waals surface area contributed by atoms with E-state index < -0.39 is 0 Å². The standard InChI is InChI=1S/C15H22N6S/c1-11(2)14-18-15(22-19-14)21-8-4-5-12(9-21)20(3)13-6-7-16-10-17-13/h6-7,10-12H,4-5,8-9H2,1-3H3. The number of nitrogens with zero attached hydrogens (tertiary/aromatic N) is 6. The second-order valence-corrected chi connectivity index (χ2v) is 6.74. The number of hydrogen-bond donors (Lipinski definition) is 0. The summed E-state index contributed by atoms with van der Waals surface area (Å²) in [7, 11) is 2.11. The van der Waals surface area contributed by atoms with Gasteiger partial charge in [-0.25, -0.2) is 15.0 Å². The van der Waals surface area contributed by atoms with Gasteiger partial charge >= 0.3 is 0 Å². The molecule has 0 bridgehead atoms. The molecule has 3 heterocycles. The number of hydrogen-bond acceptors (Lipinski definition) is 7. The Kier molecular flexibility index (Phi) is 4.52. The van der Waals surface area contributed by atoms with Crippen molar-refractivity contribution in [1.29, 1.82) is 0 Å².